The lowest BCUT2D eigenvalue weighted by Gasteiger charge is -2.29. The van der Waals surface area contributed by atoms with E-state index in [0.717, 1.165) is 54.5 Å². The summed E-state index contributed by atoms with van der Waals surface area (Å²) >= 11 is 0. The van der Waals surface area contributed by atoms with Gasteiger partial charge in [-0.15, -0.1) is 0 Å². The molecule has 0 spiro atoms. The van der Waals surface area contributed by atoms with Crippen LogP contribution >= 0.6 is 0 Å². The van der Waals surface area contributed by atoms with Gasteiger partial charge in [0.1, 0.15) is 0 Å². The van der Waals surface area contributed by atoms with Crippen molar-refractivity contribution in [2.24, 2.45) is 0 Å². The fraction of sp³-hybridized carbons (Fsp3) is 0.375. The van der Waals surface area contributed by atoms with Crippen molar-refractivity contribution in [3.8, 4) is 0 Å². The van der Waals surface area contributed by atoms with E-state index in [2.05, 4.69) is 10.6 Å². The summed E-state index contributed by atoms with van der Waals surface area (Å²) < 4.78 is 0. The Bertz CT molecular complexity index is 1010. The first-order valence-electron chi connectivity index (χ1n) is 10.5. The lowest BCUT2D eigenvalue weighted by Crippen LogP contribution is -2.40. The van der Waals surface area contributed by atoms with Crippen LogP contribution in [0.15, 0.2) is 30.3 Å². The molecule has 0 radical (unpaired) electrons. The highest BCUT2D eigenvalue weighted by Crippen LogP contribution is 2.32. The second-order valence-electron chi connectivity index (χ2n) is 8.39. The average molecular weight is 405 g/mol. The minimum atomic E-state index is -0.383. The highest BCUT2D eigenvalue weighted by molar-refractivity contribution is 6.22. The zero-order valence-corrected chi connectivity index (χ0v) is 17.7. The zero-order valence-electron chi connectivity index (χ0n) is 17.7. The van der Waals surface area contributed by atoms with Gasteiger partial charge in [0.05, 0.1) is 11.1 Å². The molecule has 2 aromatic carbocycles. The normalized spacial score (nSPS) is 16.6. The van der Waals surface area contributed by atoms with Crippen LogP contribution in [0.2, 0.25) is 0 Å². The molecule has 156 valence electrons. The van der Waals surface area contributed by atoms with Gasteiger partial charge in [-0.25, -0.2) is 4.79 Å². The summed E-state index contributed by atoms with van der Waals surface area (Å²) in [5.41, 5.74) is 5.16. The lowest BCUT2D eigenvalue weighted by atomic mass is 9.94. The summed E-state index contributed by atoms with van der Waals surface area (Å²) in [7, 11) is 0. The van der Waals surface area contributed by atoms with Crippen LogP contribution in [0, 0.1) is 20.8 Å². The Labute approximate surface area is 176 Å². The van der Waals surface area contributed by atoms with Crippen molar-refractivity contribution in [2.75, 3.05) is 10.6 Å². The summed E-state index contributed by atoms with van der Waals surface area (Å²) in [5.74, 6) is -0.472. The van der Waals surface area contributed by atoms with Gasteiger partial charge in [0.25, 0.3) is 11.8 Å². The Morgan fingerprint density at radius 2 is 1.50 bits per heavy atom. The fourth-order valence-corrected chi connectivity index (χ4v) is 4.66. The highest BCUT2D eigenvalue weighted by Gasteiger charge is 2.40. The lowest BCUT2D eigenvalue weighted by molar-refractivity contribution is 0.0549. The molecule has 0 aromatic heterocycles. The quantitative estimate of drug-likeness (QED) is 0.690. The molecular weight excluding hydrogens is 378 g/mol. The number of nitrogens with zero attached hydrogens (tertiary/aromatic N) is 1. The smallest absolute Gasteiger partial charge is 0.308 e. The molecule has 2 aromatic rings. The maximum atomic E-state index is 12.9. The number of fused-ring (bicyclic) bond motifs is 1. The van der Waals surface area contributed by atoms with E-state index in [0.29, 0.717) is 16.8 Å². The Morgan fingerprint density at radius 1 is 0.867 bits per heavy atom. The molecular formula is C24H27N3O3. The number of amides is 4. The SMILES string of the molecule is Cc1cc(C)c(NC(=O)Nc2ccc3c(c2)C(=O)N(C2CCCCC2)C3=O)c(C)c1. The highest BCUT2D eigenvalue weighted by atomic mass is 16.2. The van der Waals surface area contributed by atoms with E-state index < -0.39 is 0 Å². The molecule has 1 fully saturated rings. The summed E-state index contributed by atoms with van der Waals surface area (Å²) in [5, 5.41) is 5.68. The maximum absolute atomic E-state index is 12.9. The van der Waals surface area contributed by atoms with Crippen molar-refractivity contribution in [2.45, 2.75) is 58.9 Å². The van der Waals surface area contributed by atoms with Gasteiger partial charge in [0.2, 0.25) is 0 Å². The fourth-order valence-electron chi connectivity index (χ4n) is 4.66. The molecule has 1 saturated carbocycles. The molecule has 0 saturated heterocycles. The Morgan fingerprint density at radius 3 is 2.17 bits per heavy atom. The van der Waals surface area contributed by atoms with Crippen LogP contribution in [-0.4, -0.2) is 28.8 Å². The van der Waals surface area contributed by atoms with Crippen molar-refractivity contribution in [3.05, 3.63) is 58.1 Å². The van der Waals surface area contributed by atoms with E-state index in [1.165, 1.54) is 4.90 Å². The van der Waals surface area contributed by atoms with E-state index in [1.807, 2.05) is 32.9 Å². The van der Waals surface area contributed by atoms with Gasteiger partial charge in [0, 0.05) is 17.4 Å². The van der Waals surface area contributed by atoms with Gasteiger partial charge in [-0.2, -0.15) is 0 Å². The molecule has 2 N–H and O–H groups in total. The second-order valence-corrected chi connectivity index (χ2v) is 8.39. The first-order valence-corrected chi connectivity index (χ1v) is 10.5. The van der Waals surface area contributed by atoms with Gasteiger partial charge in [-0.3, -0.25) is 14.5 Å². The summed E-state index contributed by atoms with van der Waals surface area (Å²) in [4.78, 5) is 39.7. The molecule has 6 nitrogen and oxygen atoms in total. The molecule has 0 bridgehead atoms. The topological polar surface area (TPSA) is 78.5 Å². The average Bonchev–Trinajstić information content (AvgIpc) is 2.95. The number of nitrogens with one attached hydrogen (secondary N) is 2. The van der Waals surface area contributed by atoms with Crippen LogP contribution in [0.4, 0.5) is 16.2 Å². The maximum Gasteiger partial charge on any atom is 0.323 e. The third-order valence-corrected chi connectivity index (χ3v) is 6.03. The second kappa shape index (κ2) is 7.94. The molecule has 2 aliphatic rings. The molecule has 1 aliphatic carbocycles. The van der Waals surface area contributed by atoms with Gasteiger partial charge in [0.15, 0.2) is 0 Å². The van der Waals surface area contributed by atoms with Crippen molar-refractivity contribution in [3.63, 3.8) is 0 Å². The molecule has 4 rings (SSSR count). The predicted octanol–water partition coefficient (Wildman–Crippen LogP) is 5.18. The number of imide groups is 1. The first-order chi connectivity index (χ1) is 14.3. The van der Waals surface area contributed by atoms with Crippen LogP contribution in [0.1, 0.15) is 69.5 Å². The van der Waals surface area contributed by atoms with Crippen molar-refractivity contribution in [1.29, 1.82) is 0 Å². The number of aryl methyl sites for hydroxylation is 3. The first kappa shape index (κ1) is 20.1. The number of benzene rings is 2. The van der Waals surface area contributed by atoms with Crippen LogP contribution in [0.3, 0.4) is 0 Å². The monoisotopic (exact) mass is 405 g/mol. The van der Waals surface area contributed by atoms with Crippen molar-refractivity contribution < 1.29 is 14.4 Å². The van der Waals surface area contributed by atoms with Crippen molar-refractivity contribution in [1.82, 2.24) is 4.90 Å². The Kier molecular flexibility index (Phi) is 5.33. The van der Waals surface area contributed by atoms with Gasteiger partial charge in [-0.05, 0) is 62.9 Å². The third kappa shape index (κ3) is 3.70. The molecule has 30 heavy (non-hydrogen) atoms. The van der Waals surface area contributed by atoms with Crippen LogP contribution in [0.25, 0.3) is 0 Å². The number of carbonyl (C=O) groups excluding carboxylic acids is 3. The van der Waals surface area contributed by atoms with E-state index >= 15 is 0 Å². The number of carbonyl (C=O) groups is 3. The minimum Gasteiger partial charge on any atom is -0.308 e. The molecule has 4 amide bonds. The van der Waals surface area contributed by atoms with E-state index in [-0.39, 0.29) is 23.9 Å². The third-order valence-electron chi connectivity index (χ3n) is 6.03. The summed E-state index contributed by atoms with van der Waals surface area (Å²) in [6, 6.07) is 8.54. The number of rotatable bonds is 3. The van der Waals surface area contributed by atoms with E-state index in [4.69, 9.17) is 0 Å². The van der Waals surface area contributed by atoms with E-state index in [1.54, 1.807) is 18.2 Å². The van der Waals surface area contributed by atoms with Gasteiger partial charge < -0.3 is 10.6 Å². The number of hydrogen-bond donors (Lipinski definition) is 2. The Hall–Kier alpha value is -3.15. The predicted molar refractivity (Wildman–Crippen MR) is 117 cm³/mol. The summed E-state index contributed by atoms with van der Waals surface area (Å²) in [6.45, 7) is 5.92. The molecule has 6 heteroatoms. The number of urea groups is 1. The van der Waals surface area contributed by atoms with Crippen LogP contribution < -0.4 is 10.6 Å². The standard InChI is InChI=1S/C24H27N3O3/c1-14-11-15(2)21(16(3)12-14)26-24(30)25-17-9-10-19-20(13-17)23(29)27(22(19)28)18-7-5-4-6-8-18/h9-13,18H,4-8H2,1-3H3,(H2,25,26,30). The molecule has 0 atom stereocenters. The van der Waals surface area contributed by atoms with Crippen LogP contribution in [0.5, 0.6) is 0 Å². The zero-order chi connectivity index (χ0) is 21.4. The molecule has 0 unspecified atom stereocenters. The number of anilines is 2. The van der Waals surface area contributed by atoms with E-state index in [9.17, 15) is 14.4 Å². The number of hydrogen-bond acceptors (Lipinski definition) is 3. The minimum absolute atomic E-state index is 0.0154. The van der Waals surface area contributed by atoms with Crippen molar-refractivity contribution >= 4 is 29.2 Å². The Balaban J connectivity index is 1.51. The molecule has 1 heterocycles. The largest absolute Gasteiger partial charge is 0.323 e. The van der Waals surface area contributed by atoms with Gasteiger partial charge >= 0.3 is 6.03 Å². The van der Waals surface area contributed by atoms with Gasteiger partial charge in [-0.1, -0.05) is 37.0 Å². The molecule has 1 aliphatic heterocycles. The van der Waals surface area contributed by atoms with Crippen LogP contribution in [-0.2, 0) is 0 Å². The summed E-state index contributed by atoms with van der Waals surface area (Å²) in [6.07, 6.45) is 4.98.